The van der Waals surface area contributed by atoms with E-state index >= 15 is 0 Å². The number of benzene rings is 2. The molecule has 4 heteroatoms. The van der Waals surface area contributed by atoms with Gasteiger partial charge in [0.2, 0.25) is 10.0 Å². The zero-order valence-electron chi connectivity index (χ0n) is 13.3. The molecule has 3 rings (SSSR count). The summed E-state index contributed by atoms with van der Waals surface area (Å²) in [7, 11) is -3.53. The molecule has 122 valence electrons. The van der Waals surface area contributed by atoms with Gasteiger partial charge in [-0.05, 0) is 24.3 Å². The molecule has 1 aliphatic carbocycles. The fraction of sp³-hybridized carbons (Fsp3) is 0.368. The minimum absolute atomic E-state index is 0.0886. The molecule has 0 unspecified atom stereocenters. The van der Waals surface area contributed by atoms with Crippen molar-refractivity contribution >= 4 is 20.8 Å². The van der Waals surface area contributed by atoms with E-state index < -0.39 is 10.0 Å². The lowest BCUT2D eigenvalue weighted by Crippen LogP contribution is -2.41. The highest BCUT2D eigenvalue weighted by Crippen LogP contribution is 2.31. The number of fused-ring (bicyclic) bond motifs is 1. The van der Waals surface area contributed by atoms with Crippen LogP contribution in [-0.4, -0.2) is 25.3 Å². The van der Waals surface area contributed by atoms with Crippen LogP contribution in [0.15, 0.2) is 60.0 Å². The van der Waals surface area contributed by atoms with Gasteiger partial charge in [-0.25, -0.2) is 8.42 Å². The Morgan fingerprint density at radius 3 is 2.48 bits per heavy atom. The first-order chi connectivity index (χ1) is 11.1. The van der Waals surface area contributed by atoms with Gasteiger partial charge in [0.1, 0.15) is 0 Å². The maximum Gasteiger partial charge on any atom is 0.244 e. The molecular formula is C19H23NO2S. The number of nitrogens with zero attached hydrogens (tertiary/aromatic N) is 1. The van der Waals surface area contributed by atoms with E-state index in [1.807, 2.05) is 36.4 Å². The zero-order chi connectivity index (χ0) is 16.3. The van der Waals surface area contributed by atoms with Gasteiger partial charge in [0.25, 0.3) is 0 Å². The van der Waals surface area contributed by atoms with Crippen LogP contribution in [-0.2, 0) is 10.0 Å². The van der Waals surface area contributed by atoms with E-state index in [0.717, 1.165) is 36.5 Å². The topological polar surface area (TPSA) is 37.4 Å². The molecule has 2 aromatic carbocycles. The second kappa shape index (κ2) is 6.85. The van der Waals surface area contributed by atoms with Gasteiger partial charge in [0.15, 0.2) is 0 Å². The Kier molecular flexibility index (Phi) is 4.83. The van der Waals surface area contributed by atoms with Crippen molar-refractivity contribution in [1.29, 1.82) is 0 Å². The number of hydrogen-bond acceptors (Lipinski definition) is 2. The first kappa shape index (κ1) is 16.2. The summed E-state index contributed by atoms with van der Waals surface area (Å²) < 4.78 is 28.3. The van der Waals surface area contributed by atoms with Gasteiger partial charge in [-0.15, -0.1) is 6.58 Å². The summed E-state index contributed by atoms with van der Waals surface area (Å²) in [6.45, 7) is 4.13. The van der Waals surface area contributed by atoms with E-state index in [9.17, 15) is 8.42 Å². The van der Waals surface area contributed by atoms with Gasteiger partial charge in [-0.3, -0.25) is 0 Å². The largest absolute Gasteiger partial charge is 0.244 e. The smallest absolute Gasteiger partial charge is 0.207 e. The normalized spacial score (nSPS) is 16.7. The Bertz CT molecular complexity index is 787. The van der Waals surface area contributed by atoms with Crippen molar-refractivity contribution in [3.05, 3.63) is 55.1 Å². The lowest BCUT2D eigenvalue weighted by Gasteiger charge is -2.33. The van der Waals surface area contributed by atoms with Gasteiger partial charge < -0.3 is 0 Å². The highest BCUT2D eigenvalue weighted by molar-refractivity contribution is 7.89. The Morgan fingerprint density at radius 2 is 1.74 bits per heavy atom. The fourth-order valence-electron chi connectivity index (χ4n) is 3.49. The van der Waals surface area contributed by atoms with Gasteiger partial charge in [-0.1, -0.05) is 61.7 Å². The fourth-order valence-corrected chi connectivity index (χ4v) is 5.36. The average molecular weight is 329 g/mol. The lowest BCUT2D eigenvalue weighted by molar-refractivity contribution is 0.269. The molecule has 0 bridgehead atoms. The minimum Gasteiger partial charge on any atom is -0.207 e. The van der Waals surface area contributed by atoms with Crippen LogP contribution in [0.2, 0.25) is 0 Å². The molecule has 0 N–H and O–H groups in total. The molecule has 0 atom stereocenters. The van der Waals surface area contributed by atoms with Crippen molar-refractivity contribution in [3.8, 4) is 0 Å². The van der Waals surface area contributed by atoms with Gasteiger partial charge in [-0.2, -0.15) is 4.31 Å². The maximum atomic E-state index is 13.3. The molecule has 0 saturated heterocycles. The second-order valence-corrected chi connectivity index (χ2v) is 7.99. The third-order valence-corrected chi connectivity index (χ3v) is 6.60. The molecule has 0 aromatic heterocycles. The third kappa shape index (κ3) is 3.19. The summed E-state index contributed by atoms with van der Waals surface area (Å²) >= 11 is 0. The Morgan fingerprint density at radius 1 is 1.04 bits per heavy atom. The van der Waals surface area contributed by atoms with Crippen molar-refractivity contribution < 1.29 is 8.42 Å². The van der Waals surface area contributed by atoms with E-state index in [-0.39, 0.29) is 6.04 Å². The highest BCUT2D eigenvalue weighted by Gasteiger charge is 2.32. The molecule has 0 heterocycles. The van der Waals surface area contributed by atoms with E-state index in [4.69, 9.17) is 0 Å². The third-order valence-electron chi connectivity index (χ3n) is 4.63. The van der Waals surface area contributed by atoms with Crippen LogP contribution in [0.1, 0.15) is 32.1 Å². The van der Waals surface area contributed by atoms with Crippen LogP contribution in [0.3, 0.4) is 0 Å². The lowest BCUT2D eigenvalue weighted by atomic mass is 9.95. The summed E-state index contributed by atoms with van der Waals surface area (Å²) in [6.07, 6.45) is 6.98. The van der Waals surface area contributed by atoms with Crippen LogP contribution in [0.25, 0.3) is 10.8 Å². The molecule has 1 aliphatic rings. The molecular weight excluding hydrogens is 306 g/mol. The summed E-state index contributed by atoms with van der Waals surface area (Å²) in [5.41, 5.74) is 0. The van der Waals surface area contributed by atoms with Gasteiger partial charge >= 0.3 is 0 Å². The number of hydrogen-bond donors (Lipinski definition) is 0. The molecule has 0 aliphatic heterocycles. The number of sulfonamides is 1. The average Bonchev–Trinajstić information content (AvgIpc) is 2.59. The zero-order valence-corrected chi connectivity index (χ0v) is 14.1. The number of rotatable bonds is 5. The molecule has 23 heavy (non-hydrogen) atoms. The Balaban J connectivity index is 2.07. The second-order valence-electron chi connectivity index (χ2n) is 6.13. The Labute approximate surface area is 138 Å². The molecule has 0 radical (unpaired) electrons. The van der Waals surface area contributed by atoms with Crippen molar-refractivity contribution in [3.63, 3.8) is 0 Å². The van der Waals surface area contributed by atoms with E-state index in [1.165, 1.54) is 6.42 Å². The van der Waals surface area contributed by atoms with Crippen molar-refractivity contribution in [2.24, 2.45) is 0 Å². The summed E-state index contributed by atoms with van der Waals surface area (Å²) in [4.78, 5) is 0.406. The predicted octanol–water partition coefficient (Wildman–Crippen LogP) is 4.35. The summed E-state index contributed by atoms with van der Waals surface area (Å²) in [5, 5.41) is 1.75. The van der Waals surface area contributed by atoms with E-state index in [2.05, 4.69) is 6.58 Å². The molecule has 0 amide bonds. The molecule has 2 aromatic rings. The van der Waals surface area contributed by atoms with Crippen LogP contribution in [0.4, 0.5) is 0 Å². The Hall–Kier alpha value is -1.65. The molecule has 1 fully saturated rings. The highest BCUT2D eigenvalue weighted by atomic mass is 32.2. The van der Waals surface area contributed by atoms with Crippen LogP contribution in [0, 0.1) is 0 Å². The van der Waals surface area contributed by atoms with Crippen molar-refractivity contribution in [2.45, 2.75) is 43.0 Å². The monoisotopic (exact) mass is 329 g/mol. The van der Waals surface area contributed by atoms with Gasteiger partial charge in [0.05, 0.1) is 4.90 Å². The van der Waals surface area contributed by atoms with Crippen molar-refractivity contribution in [2.75, 3.05) is 6.54 Å². The molecule has 1 saturated carbocycles. The predicted molar refractivity (Wildman–Crippen MR) is 94.9 cm³/mol. The minimum atomic E-state index is -3.53. The van der Waals surface area contributed by atoms with Crippen molar-refractivity contribution in [1.82, 2.24) is 4.31 Å². The first-order valence-corrected chi connectivity index (χ1v) is 9.69. The first-order valence-electron chi connectivity index (χ1n) is 8.25. The SMILES string of the molecule is C=CCN(C1CCCCC1)S(=O)(=O)c1cccc2ccccc12. The maximum absolute atomic E-state index is 13.3. The van der Waals surface area contributed by atoms with Gasteiger partial charge in [0, 0.05) is 18.0 Å². The van der Waals surface area contributed by atoms with Crippen LogP contribution in [0.5, 0.6) is 0 Å². The summed E-state index contributed by atoms with van der Waals surface area (Å²) in [5.74, 6) is 0. The standard InChI is InChI=1S/C19H23NO2S/c1-2-15-20(17-11-4-3-5-12-17)23(21,22)19-14-8-10-16-9-6-7-13-18(16)19/h2,6-10,13-14,17H,1,3-5,11-12,15H2. The van der Waals surface area contributed by atoms with E-state index in [0.29, 0.717) is 11.4 Å². The van der Waals surface area contributed by atoms with Crippen LogP contribution >= 0.6 is 0 Å². The van der Waals surface area contributed by atoms with Crippen LogP contribution < -0.4 is 0 Å². The van der Waals surface area contributed by atoms with E-state index in [1.54, 1.807) is 16.4 Å². The molecule has 3 nitrogen and oxygen atoms in total. The molecule has 0 spiro atoms. The summed E-state index contributed by atoms with van der Waals surface area (Å²) in [6, 6.07) is 13.2. The quantitative estimate of drug-likeness (QED) is 0.765.